The molecule has 11 heteroatoms. The Hall–Kier alpha value is -5.13. The van der Waals surface area contributed by atoms with Crippen molar-refractivity contribution in [3.05, 3.63) is 103 Å². The molecular formula is C36H19F3N2O4S2. The average molecular weight is 665 g/mol. The third-order valence-electron chi connectivity index (χ3n) is 8.56. The number of rotatable bonds is 2. The predicted molar refractivity (Wildman–Crippen MR) is 177 cm³/mol. The van der Waals surface area contributed by atoms with Gasteiger partial charge in [-0.15, -0.1) is 22.7 Å². The first-order valence-corrected chi connectivity index (χ1v) is 16.0. The van der Waals surface area contributed by atoms with E-state index in [4.69, 9.17) is 9.97 Å². The number of thiazole rings is 2. The first-order valence-electron chi connectivity index (χ1n) is 14.4. The van der Waals surface area contributed by atoms with E-state index in [0.717, 1.165) is 60.6 Å². The highest BCUT2D eigenvalue weighted by molar-refractivity contribution is 7.21. The molecule has 2 aromatic heterocycles. The third kappa shape index (κ3) is 4.37. The van der Waals surface area contributed by atoms with Crippen molar-refractivity contribution in [2.45, 2.75) is 26.9 Å². The summed E-state index contributed by atoms with van der Waals surface area (Å²) in [5.74, 6) is -2.92. The van der Waals surface area contributed by atoms with Crippen LogP contribution in [-0.2, 0) is 15.8 Å². The highest BCUT2D eigenvalue weighted by atomic mass is 32.1. The first kappa shape index (κ1) is 29.3. The minimum atomic E-state index is -4.65. The normalized spacial score (nSPS) is 16.6. The van der Waals surface area contributed by atoms with E-state index in [-0.39, 0.29) is 16.7 Å². The summed E-state index contributed by atoms with van der Waals surface area (Å²) in [6, 6.07) is 12.1. The number of aryl methyl sites for hydroxylation is 3. The molecule has 6 aromatic rings. The number of alkyl halides is 3. The molecule has 0 saturated carbocycles. The Kier molecular flexibility index (Phi) is 6.19. The van der Waals surface area contributed by atoms with Crippen LogP contribution >= 0.6 is 22.7 Å². The zero-order valence-electron chi connectivity index (χ0n) is 24.8. The zero-order chi connectivity index (χ0) is 33.1. The summed E-state index contributed by atoms with van der Waals surface area (Å²) in [4.78, 5) is 60.7. The lowest BCUT2D eigenvalue weighted by Crippen LogP contribution is -2.08. The molecule has 4 aromatic carbocycles. The molecule has 0 fully saturated rings. The fourth-order valence-corrected chi connectivity index (χ4v) is 8.50. The van der Waals surface area contributed by atoms with Crippen molar-refractivity contribution in [2.24, 2.45) is 0 Å². The van der Waals surface area contributed by atoms with Crippen LogP contribution in [0.2, 0.25) is 0 Å². The van der Waals surface area contributed by atoms with Gasteiger partial charge in [-0.1, -0.05) is 23.8 Å². The standard InChI is InChI=1S/C36H19F3N2O4S2/c1-14-4-6-18-20(8-14)30(42)32(44)22(18)12-26-40-28-15(2)9-25-24(34(28)46-26)10-16(3)29-35(25)47-27(41-29)13-23-19-7-5-17(36(37,38)39)11-21(19)31(43)33(23)45/h4-13H,1-3H3/b22-12-,23-13-. The monoisotopic (exact) mass is 664 g/mol. The van der Waals surface area contributed by atoms with Crippen molar-refractivity contribution in [1.82, 2.24) is 9.97 Å². The Balaban J connectivity index is 1.26. The molecule has 0 spiro atoms. The molecule has 0 radical (unpaired) electrons. The largest absolute Gasteiger partial charge is 0.416 e. The van der Waals surface area contributed by atoms with E-state index in [1.807, 2.05) is 39.0 Å². The molecule has 230 valence electrons. The summed E-state index contributed by atoms with van der Waals surface area (Å²) >= 11 is 2.73. The number of nitrogens with zero attached hydrogens (tertiary/aromatic N) is 2. The van der Waals surface area contributed by atoms with Gasteiger partial charge >= 0.3 is 6.18 Å². The second-order valence-electron chi connectivity index (χ2n) is 11.7. The van der Waals surface area contributed by atoms with Crippen molar-refractivity contribution < 1.29 is 32.3 Å². The molecule has 0 atom stereocenters. The Morgan fingerprint density at radius 1 is 0.596 bits per heavy atom. The number of hydrogen-bond acceptors (Lipinski definition) is 8. The number of hydrogen-bond donors (Lipinski definition) is 0. The number of carbonyl (C=O) groups excluding carboxylic acids is 4. The van der Waals surface area contributed by atoms with Gasteiger partial charge in [0, 0.05) is 33.0 Å². The van der Waals surface area contributed by atoms with E-state index in [1.165, 1.54) is 28.7 Å². The average Bonchev–Trinajstić information content (AvgIpc) is 3.76. The molecule has 0 amide bonds. The van der Waals surface area contributed by atoms with Crippen LogP contribution in [0.5, 0.6) is 0 Å². The van der Waals surface area contributed by atoms with Gasteiger partial charge in [-0.2, -0.15) is 13.2 Å². The van der Waals surface area contributed by atoms with E-state index in [1.54, 1.807) is 18.2 Å². The zero-order valence-corrected chi connectivity index (χ0v) is 26.4. The molecule has 2 aliphatic carbocycles. The van der Waals surface area contributed by atoms with Crippen LogP contribution in [0.1, 0.15) is 64.1 Å². The summed E-state index contributed by atoms with van der Waals surface area (Å²) in [6.45, 7) is 5.71. The number of benzene rings is 4. The molecule has 8 rings (SSSR count). The van der Waals surface area contributed by atoms with Gasteiger partial charge in [0.15, 0.2) is 0 Å². The predicted octanol–water partition coefficient (Wildman–Crippen LogP) is 8.62. The van der Waals surface area contributed by atoms with Gasteiger partial charge in [-0.25, -0.2) is 9.97 Å². The van der Waals surface area contributed by atoms with Gasteiger partial charge < -0.3 is 0 Å². The third-order valence-corrected chi connectivity index (χ3v) is 10.6. The van der Waals surface area contributed by atoms with Crippen LogP contribution in [-0.4, -0.2) is 33.1 Å². The molecule has 0 bridgehead atoms. The molecule has 0 unspecified atom stereocenters. The molecule has 0 N–H and O–H groups in total. The van der Waals surface area contributed by atoms with Crippen LogP contribution in [0.3, 0.4) is 0 Å². The Labute approximate surface area is 271 Å². The smallest absolute Gasteiger partial charge is 0.285 e. The maximum atomic E-state index is 13.3. The van der Waals surface area contributed by atoms with Crippen LogP contribution in [0.15, 0.2) is 48.5 Å². The van der Waals surface area contributed by atoms with Crippen LogP contribution in [0.4, 0.5) is 13.2 Å². The van der Waals surface area contributed by atoms with Crippen molar-refractivity contribution in [3.8, 4) is 0 Å². The van der Waals surface area contributed by atoms with Crippen molar-refractivity contribution >= 4 is 100 Å². The van der Waals surface area contributed by atoms with Gasteiger partial charge in [-0.05, 0) is 85.5 Å². The second kappa shape index (κ2) is 9.93. The Bertz CT molecular complexity index is 2570. The fourth-order valence-electron chi connectivity index (χ4n) is 6.29. The summed E-state index contributed by atoms with van der Waals surface area (Å²) in [5, 5.41) is 2.84. The molecule has 2 aliphatic rings. The van der Waals surface area contributed by atoms with Crippen LogP contribution in [0, 0.1) is 20.8 Å². The molecular weight excluding hydrogens is 646 g/mol. The molecule has 6 nitrogen and oxygen atoms in total. The minimum absolute atomic E-state index is 0.00937. The topological polar surface area (TPSA) is 94.1 Å². The van der Waals surface area contributed by atoms with Gasteiger partial charge in [0.25, 0.3) is 0 Å². The number of aromatic nitrogens is 2. The SMILES string of the molecule is Cc1ccc2c(c1)C(=O)C(=O)/C2=C\c1nc2c(C)cc3c(cc(C)c4nc(/C=C5\C(=O)C(=O)c6cc(C(F)(F)F)ccc65)sc43)c2s1. The lowest BCUT2D eigenvalue weighted by Gasteiger charge is -2.07. The fraction of sp³-hybridized carbons (Fsp3) is 0.111. The van der Waals surface area contributed by atoms with Gasteiger partial charge in [0.1, 0.15) is 10.0 Å². The van der Waals surface area contributed by atoms with E-state index < -0.39 is 34.9 Å². The Morgan fingerprint density at radius 3 is 1.55 bits per heavy atom. The quantitative estimate of drug-likeness (QED) is 0.136. The number of carbonyl (C=O) groups is 4. The summed E-state index contributed by atoms with van der Waals surface area (Å²) in [7, 11) is 0. The van der Waals surface area contributed by atoms with E-state index >= 15 is 0 Å². The number of Topliss-reactive ketones (excluding diaryl/α,β-unsaturated/α-hetero) is 4. The lowest BCUT2D eigenvalue weighted by molar-refractivity contribution is -0.137. The van der Waals surface area contributed by atoms with Gasteiger partial charge in [-0.3, -0.25) is 19.2 Å². The van der Waals surface area contributed by atoms with Crippen LogP contribution in [0.25, 0.3) is 54.5 Å². The highest BCUT2D eigenvalue weighted by Crippen LogP contribution is 2.43. The van der Waals surface area contributed by atoms with E-state index in [2.05, 4.69) is 0 Å². The van der Waals surface area contributed by atoms with E-state index in [9.17, 15) is 32.3 Å². The lowest BCUT2D eigenvalue weighted by atomic mass is 10.0. The van der Waals surface area contributed by atoms with Crippen molar-refractivity contribution in [3.63, 3.8) is 0 Å². The number of fused-ring (bicyclic) bond motifs is 7. The van der Waals surface area contributed by atoms with Crippen molar-refractivity contribution in [1.29, 1.82) is 0 Å². The molecule has 0 aliphatic heterocycles. The highest BCUT2D eigenvalue weighted by Gasteiger charge is 2.38. The molecule has 2 heterocycles. The van der Waals surface area contributed by atoms with E-state index in [0.29, 0.717) is 32.2 Å². The summed E-state index contributed by atoms with van der Waals surface area (Å²) in [5.41, 5.74) is 4.33. The summed E-state index contributed by atoms with van der Waals surface area (Å²) in [6.07, 6.45) is -1.50. The summed E-state index contributed by atoms with van der Waals surface area (Å²) < 4.78 is 41.6. The number of halogens is 3. The first-order chi connectivity index (χ1) is 22.3. The van der Waals surface area contributed by atoms with Gasteiger partial charge in [0.2, 0.25) is 23.1 Å². The Morgan fingerprint density at radius 2 is 1.06 bits per heavy atom. The number of allylic oxidation sites excluding steroid dienone is 2. The maximum absolute atomic E-state index is 13.3. The molecule has 47 heavy (non-hydrogen) atoms. The van der Waals surface area contributed by atoms with Gasteiger partial charge in [0.05, 0.1) is 26.0 Å². The van der Waals surface area contributed by atoms with Crippen LogP contribution < -0.4 is 0 Å². The minimum Gasteiger partial charge on any atom is -0.285 e. The second-order valence-corrected chi connectivity index (χ2v) is 13.7. The molecule has 0 saturated heterocycles. The van der Waals surface area contributed by atoms with Crippen molar-refractivity contribution in [2.75, 3.05) is 0 Å². The maximum Gasteiger partial charge on any atom is 0.416 e. The number of ketones is 4.